The van der Waals surface area contributed by atoms with Crippen LogP contribution in [0.4, 0.5) is 0 Å². The highest BCUT2D eigenvalue weighted by atomic mass is 16.2. The molecule has 124 valence electrons. The van der Waals surface area contributed by atoms with E-state index in [0.29, 0.717) is 13.0 Å². The van der Waals surface area contributed by atoms with Crippen LogP contribution in [0.25, 0.3) is 0 Å². The smallest absolute Gasteiger partial charge is 0.227 e. The van der Waals surface area contributed by atoms with Gasteiger partial charge in [0.05, 0.1) is 12.1 Å². The standard InChI is InChI=1S/C20H23N3O/c1-14-11-23(12-18-10-21-13-22-20(14)18)19(24)9-15-5-7-17(8-6-15)16-3-2-4-16/h5-8,10,13-14,16H,2-4,9,11-12H2,1H3. The maximum atomic E-state index is 12.7. The Labute approximate surface area is 142 Å². The molecule has 24 heavy (non-hydrogen) atoms. The lowest BCUT2D eigenvalue weighted by Gasteiger charge is -2.32. The first-order chi connectivity index (χ1) is 11.7. The van der Waals surface area contributed by atoms with Gasteiger partial charge in [-0.2, -0.15) is 0 Å². The summed E-state index contributed by atoms with van der Waals surface area (Å²) in [5, 5.41) is 0. The number of hydrogen-bond donors (Lipinski definition) is 0. The minimum absolute atomic E-state index is 0.188. The Balaban J connectivity index is 1.43. The van der Waals surface area contributed by atoms with Gasteiger partial charge in [0.1, 0.15) is 6.33 Å². The molecule has 0 saturated heterocycles. The summed E-state index contributed by atoms with van der Waals surface area (Å²) < 4.78 is 0. The van der Waals surface area contributed by atoms with Gasteiger partial charge in [-0.15, -0.1) is 0 Å². The van der Waals surface area contributed by atoms with Crippen LogP contribution < -0.4 is 0 Å². The van der Waals surface area contributed by atoms with Crippen LogP contribution >= 0.6 is 0 Å². The van der Waals surface area contributed by atoms with Crippen molar-refractivity contribution in [2.24, 2.45) is 0 Å². The molecule has 4 heteroatoms. The molecule has 1 aromatic carbocycles. The molecule has 1 aromatic heterocycles. The van der Waals surface area contributed by atoms with E-state index in [4.69, 9.17) is 0 Å². The Morgan fingerprint density at radius 2 is 2.04 bits per heavy atom. The number of benzene rings is 1. The van der Waals surface area contributed by atoms with Gasteiger partial charge in [-0.25, -0.2) is 9.97 Å². The summed E-state index contributed by atoms with van der Waals surface area (Å²) >= 11 is 0. The highest BCUT2D eigenvalue weighted by Gasteiger charge is 2.26. The predicted octanol–water partition coefficient (Wildman–Crippen LogP) is 3.43. The summed E-state index contributed by atoms with van der Waals surface area (Å²) in [6.07, 6.45) is 7.88. The molecule has 1 saturated carbocycles. The average Bonchev–Trinajstić information content (AvgIpc) is 2.55. The van der Waals surface area contributed by atoms with Gasteiger partial charge < -0.3 is 4.90 Å². The van der Waals surface area contributed by atoms with Gasteiger partial charge in [-0.05, 0) is 29.9 Å². The molecular weight excluding hydrogens is 298 g/mol. The lowest BCUT2D eigenvalue weighted by atomic mass is 9.80. The van der Waals surface area contributed by atoms with Crippen LogP contribution in [0.1, 0.15) is 60.4 Å². The van der Waals surface area contributed by atoms with E-state index in [0.717, 1.165) is 29.3 Å². The van der Waals surface area contributed by atoms with Crippen molar-refractivity contribution in [2.75, 3.05) is 6.54 Å². The number of amides is 1. The summed E-state index contributed by atoms with van der Waals surface area (Å²) in [6, 6.07) is 8.65. The van der Waals surface area contributed by atoms with Crippen molar-refractivity contribution in [3.8, 4) is 0 Å². The molecule has 2 heterocycles. The van der Waals surface area contributed by atoms with E-state index in [2.05, 4.69) is 41.2 Å². The number of fused-ring (bicyclic) bond motifs is 1. The number of nitrogens with zero attached hydrogens (tertiary/aromatic N) is 3. The van der Waals surface area contributed by atoms with E-state index < -0.39 is 0 Å². The second-order valence-electron chi connectivity index (χ2n) is 7.15. The van der Waals surface area contributed by atoms with Crippen molar-refractivity contribution in [3.05, 3.63) is 59.2 Å². The molecule has 2 aliphatic rings. The van der Waals surface area contributed by atoms with Crippen molar-refractivity contribution < 1.29 is 4.79 Å². The molecule has 1 amide bonds. The zero-order valence-electron chi connectivity index (χ0n) is 14.1. The fourth-order valence-corrected chi connectivity index (χ4v) is 3.75. The van der Waals surface area contributed by atoms with Gasteiger partial charge in [-0.1, -0.05) is 37.6 Å². The summed E-state index contributed by atoms with van der Waals surface area (Å²) in [4.78, 5) is 23.1. The Kier molecular flexibility index (Phi) is 4.05. The maximum Gasteiger partial charge on any atom is 0.227 e. The quantitative estimate of drug-likeness (QED) is 0.870. The Morgan fingerprint density at radius 1 is 1.25 bits per heavy atom. The van der Waals surface area contributed by atoms with Crippen molar-refractivity contribution in [2.45, 2.75) is 51.0 Å². The third kappa shape index (κ3) is 2.93. The number of carbonyl (C=O) groups excluding carboxylic acids is 1. The molecule has 1 fully saturated rings. The third-order valence-corrected chi connectivity index (χ3v) is 5.41. The second kappa shape index (κ2) is 6.34. The number of carbonyl (C=O) groups is 1. The Morgan fingerprint density at radius 3 is 2.75 bits per heavy atom. The summed E-state index contributed by atoms with van der Waals surface area (Å²) in [5.41, 5.74) is 4.68. The number of rotatable bonds is 3. The molecule has 4 rings (SSSR count). The molecule has 0 bridgehead atoms. The molecule has 1 aliphatic heterocycles. The third-order valence-electron chi connectivity index (χ3n) is 5.41. The van der Waals surface area contributed by atoms with Gasteiger partial charge in [0.15, 0.2) is 0 Å². The number of hydrogen-bond acceptors (Lipinski definition) is 3. The number of aromatic nitrogens is 2. The van der Waals surface area contributed by atoms with Crippen LogP contribution in [-0.2, 0) is 17.8 Å². The minimum atomic E-state index is 0.188. The molecule has 2 aromatic rings. The van der Waals surface area contributed by atoms with Crippen molar-refractivity contribution in [3.63, 3.8) is 0 Å². The molecule has 0 radical (unpaired) electrons. The average molecular weight is 321 g/mol. The van der Waals surface area contributed by atoms with Crippen molar-refractivity contribution in [1.82, 2.24) is 14.9 Å². The van der Waals surface area contributed by atoms with E-state index in [1.165, 1.54) is 24.8 Å². The van der Waals surface area contributed by atoms with Gasteiger partial charge in [0, 0.05) is 30.8 Å². The maximum absolute atomic E-state index is 12.7. The summed E-state index contributed by atoms with van der Waals surface area (Å²) in [5.74, 6) is 1.20. The van der Waals surface area contributed by atoms with E-state index in [1.54, 1.807) is 6.33 Å². The molecule has 4 nitrogen and oxygen atoms in total. The van der Waals surface area contributed by atoms with Gasteiger partial charge in [0.25, 0.3) is 0 Å². The lowest BCUT2D eigenvalue weighted by molar-refractivity contribution is -0.131. The highest BCUT2D eigenvalue weighted by molar-refractivity contribution is 5.79. The summed E-state index contributed by atoms with van der Waals surface area (Å²) in [7, 11) is 0. The van der Waals surface area contributed by atoms with Crippen LogP contribution in [0, 0.1) is 0 Å². The highest BCUT2D eigenvalue weighted by Crippen LogP contribution is 2.36. The summed E-state index contributed by atoms with van der Waals surface area (Å²) in [6.45, 7) is 3.49. The van der Waals surface area contributed by atoms with Crippen LogP contribution in [0.2, 0.25) is 0 Å². The SMILES string of the molecule is CC1CN(C(=O)Cc2ccc(C3CCC3)cc2)Cc2cncnc21. The second-order valence-corrected chi connectivity index (χ2v) is 7.15. The monoisotopic (exact) mass is 321 g/mol. The van der Waals surface area contributed by atoms with Crippen LogP contribution in [-0.4, -0.2) is 27.3 Å². The fraction of sp³-hybridized carbons (Fsp3) is 0.450. The molecule has 0 N–H and O–H groups in total. The largest absolute Gasteiger partial charge is 0.337 e. The van der Waals surface area contributed by atoms with Crippen LogP contribution in [0.5, 0.6) is 0 Å². The fourth-order valence-electron chi connectivity index (χ4n) is 3.75. The first-order valence-electron chi connectivity index (χ1n) is 8.86. The Bertz CT molecular complexity index is 737. The lowest BCUT2D eigenvalue weighted by Crippen LogP contribution is -2.38. The van der Waals surface area contributed by atoms with Gasteiger partial charge in [0.2, 0.25) is 5.91 Å². The normalized spacial score (nSPS) is 20.4. The minimum Gasteiger partial charge on any atom is -0.337 e. The molecule has 0 spiro atoms. The first-order valence-corrected chi connectivity index (χ1v) is 8.86. The zero-order chi connectivity index (χ0) is 16.5. The van der Waals surface area contributed by atoms with Crippen molar-refractivity contribution >= 4 is 5.91 Å². The van der Waals surface area contributed by atoms with Gasteiger partial charge >= 0.3 is 0 Å². The molecule has 1 atom stereocenters. The Hall–Kier alpha value is -2.23. The van der Waals surface area contributed by atoms with E-state index >= 15 is 0 Å². The van der Waals surface area contributed by atoms with Gasteiger partial charge in [-0.3, -0.25) is 4.79 Å². The zero-order valence-corrected chi connectivity index (χ0v) is 14.1. The molecular formula is C20H23N3O. The predicted molar refractivity (Wildman–Crippen MR) is 92.6 cm³/mol. The first kappa shape index (κ1) is 15.3. The van der Waals surface area contributed by atoms with E-state index in [9.17, 15) is 4.79 Å². The van der Waals surface area contributed by atoms with Crippen molar-refractivity contribution in [1.29, 1.82) is 0 Å². The topological polar surface area (TPSA) is 46.1 Å². The van der Waals surface area contributed by atoms with Crippen LogP contribution in [0.3, 0.4) is 0 Å². The molecule has 1 unspecified atom stereocenters. The van der Waals surface area contributed by atoms with Crippen LogP contribution in [0.15, 0.2) is 36.8 Å². The van der Waals surface area contributed by atoms with E-state index in [-0.39, 0.29) is 11.8 Å². The van der Waals surface area contributed by atoms with E-state index in [1.807, 2.05) is 11.1 Å². The molecule has 1 aliphatic carbocycles.